The highest BCUT2D eigenvalue weighted by molar-refractivity contribution is 5.78. The molecule has 1 fully saturated rings. The molecule has 0 saturated carbocycles. The number of hydrogen-bond donors (Lipinski definition) is 1. The molecule has 1 N–H and O–H groups in total. The predicted octanol–water partition coefficient (Wildman–Crippen LogP) is 2.82. The number of imidazole rings is 1. The fourth-order valence-electron chi connectivity index (χ4n) is 3.94. The number of aryl methyl sites for hydroxylation is 3. The molecule has 0 atom stereocenters. The molecule has 1 aromatic carbocycles. The van der Waals surface area contributed by atoms with Gasteiger partial charge in [0.15, 0.2) is 5.82 Å². The van der Waals surface area contributed by atoms with Crippen LogP contribution in [0.2, 0.25) is 0 Å². The van der Waals surface area contributed by atoms with E-state index in [2.05, 4.69) is 37.7 Å². The largest absolute Gasteiger partial charge is 0.343 e. The summed E-state index contributed by atoms with van der Waals surface area (Å²) in [5.74, 6) is 3.35. The minimum absolute atomic E-state index is 0.222. The van der Waals surface area contributed by atoms with Crippen LogP contribution in [0.15, 0.2) is 24.3 Å². The van der Waals surface area contributed by atoms with E-state index in [9.17, 15) is 4.79 Å². The van der Waals surface area contributed by atoms with Gasteiger partial charge in [0, 0.05) is 38.4 Å². The molecular weight excluding hydrogens is 340 g/mol. The zero-order valence-corrected chi connectivity index (χ0v) is 16.0. The topological polar surface area (TPSA) is 79.7 Å². The standard InChI is InChI=1S/C20H26N6O/c1-3-18-22-16-6-4-5-7-17(16)26(18)13-10-19(27)25-11-8-15(9-12-25)20-21-14(2)23-24-20/h4-7,15H,3,8-13H2,1-2H3,(H,21,23,24). The number of nitrogens with zero attached hydrogens (tertiary/aromatic N) is 5. The van der Waals surface area contributed by atoms with E-state index in [1.54, 1.807) is 0 Å². The fourth-order valence-corrected chi connectivity index (χ4v) is 3.94. The van der Waals surface area contributed by atoms with Crippen LogP contribution in [-0.2, 0) is 17.8 Å². The Morgan fingerprint density at radius 2 is 2.00 bits per heavy atom. The molecule has 1 aliphatic heterocycles. The fraction of sp³-hybridized carbons (Fsp3) is 0.500. The second-order valence-electron chi connectivity index (χ2n) is 7.21. The first-order valence-corrected chi connectivity index (χ1v) is 9.76. The molecule has 0 radical (unpaired) electrons. The number of H-pyrrole nitrogens is 1. The quantitative estimate of drug-likeness (QED) is 0.753. The zero-order valence-electron chi connectivity index (χ0n) is 16.0. The molecule has 0 spiro atoms. The van der Waals surface area contributed by atoms with Gasteiger partial charge in [-0.05, 0) is 31.9 Å². The van der Waals surface area contributed by atoms with Gasteiger partial charge in [-0.25, -0.2) is 9.97 Å². The lowest BCUT2D eigenvalue weighted by atomic mass is 9.96. The van der Waals surface area contributed by atoms with Crippen molar-refractivity contribution in [1.82, 2.24) is 29.6 Å². The molecule has 3 aromatic rings. The van der Waals surface area contributed by atoms with Crippen molar-refractivity contribution in [2.24, 2.45) is 0 Å². The summed E-state index contributed by atoms with van der Waals surface area (Å²) in [4.78, 5) is 23.8. The minimum Gasteiger partial charge on any atom is -0.343 e. The number of fused-ring (bicyclic) bond motifs is 1. The number of carbonyl (C=O) groups excluding carboxylic acids is 1. The van der Waals surface area contributed by atoms with Crippen molar-refractivity contribution < 1.29 is 4.79 Å². The zero-order chi connectivity index (χ0) is 18.8. The molecular formula is C20H26N6O. The van der Waals surface area contributed by atoms with Crippen LogP contribution in [0.1, 0.15) is 49.6 Å². The van der Waals surface area contributed by atoms with Crippen LogP contribution in [0.3, 0.4) is 0 Å². The highest BCUT2D eigenvalue weighted by Gasteiger charge is 2.26. The molecule has 7 nitrogen and oxygen atoms in total. The second kappa shape index (κ2) is 7.50. The maximum atomic E-state index is 12.7. The number of hydrogen-bond acceptors (Lipinski definition) is 4. The van der Waals surface area contributed by atoms with Crippen LogP contribution in [0, 0.1) is 6.92 Å². The van der Waals surface area contributed by atoms with Crippen molar-refractivity contribution in [2.45, 2.75) is 52.0 Å². The number of benzene rings is 1. The number of para-hydroxylation sites is 2. The minimum atomic E-state index is 0.222. The second-order valence-corrected chi connectivity index (χ2v) is 7.21. The molecule has 1 saturated heterocycles. The van der Waals surface area contributed by atoms with Crippen molar-refractivity contribution in [2.75, 3.05) is 13.1 Å². The average molecular weight is 366 g/mol. The highest BCUT2D eigenvalue weighted by Crippen LogP contribution is 2.26. The monoisotopic (exact) mass is 366 g/mol. The molecule has 27 heavy (non-hydrogen) atoms. The summed E-state index contributed by atoms with van der Waals surface area (Å²) in [7, 11) is 0. The third-order valence-corrected chi connectivity index (χ3v) is 5.43. The molecule has 2 aromatic heterocycles. The normalized spacial score (nSPS) is 15.6. The van der Waals surface area contributed by atoms with E-state index in [0.29, 0.717) is 18.9 Å². The lowest BCUT2D eigenvalue weighted by Gasteiger charge is -2.31. The third kappa shape index (κ3) is 3.59. The Balaban J connectivity index is 1.37. The number of carbonyl (C=O) groups is 1. The van der Waals surface area contributed by atoms with Crippen LogP contribution in [0.5, 0.6) is 0 Å². The van der Waals surface area contributed by atoms with E-state index < -0.39 is 0 Å². The lowest BCUT2D eigenvalue weighted by Crippen LogP contribution is -2.38. The Morgan fingerprint density at radius 3 is 2.70 bits per heavy atom. The van der Waals surface area contributed by atoms with E-state index in [0.717, 1.165) is 60.9 Å². The number of nitrogens with one attached hydrogen (secondary N) is 1. The van der Waals surface area contributed by atoms with Crippen molar-refractivity contribution in [3.05, 3.63) is 41.7 Å². The first kappa shape index (κ1) is 17.7. The summed E-state index contributed by atoms with van der Waals surface area (Å²) in [6, 6.07) is 8.14. The maximum Gasteiger partial charge on any atom is 0.224 e. The number of amides is 1. The van der Waals surface area contributed by atoms with Crippen molar-refractivity contribution in [1.29, 1.82) is 0 Å². The number of aromatic nitrogens is 5. The average Bonchev–Trinajstić information content (AvgIpc) is 3.29. The number of likely N-dealkylation sites (tertiary alicyclic amines) is 1. The predicted molar refractivity (Wildman–Crippen MR) is 103 cm³/mol. The van der Waals surface area contributed by atoms with Crippen LogP contribution >= 0.6 is 0 Å². The van der Waals surface area contributed by atoms with Gasteiger partial charge in [0.2, 0.25) is 5.91 Å². The van der Waals surface area contributed by atoms with Crippen LogP contribution in [-0.4, -0.2) is 48.6 Å². The third-order valence-electron chi connectivity index (χ3n) is 5.43. The van der Waals surface area contributed by atoms with Gasteiger partial charge >= 0.3 is 0 Å². The first-order valence-electron chi connectivity index (χ1n) is 9.76. The summed E-state index contributed by atoms with van der Waals surface area (Å²) in [5.41, 5.74) is 2.12. The number of rotatable bonds is 5. The van der Waals surface area contributed by atoms with Crippen molar-refractivity contribution >= 4 is 16.9 Å². The first-order chi connectivity index (χ1) is 13.2. The Bertz CT molecular complexity index is 935. The van der Waals surface area contributed by atoms with Crippen LogP contribution in [0.4, 0.5) is 0 Å². The maximum absolute atomic E-state index is 12.7. The van der Waals surface area contributed by atoms with E-state index in [4.69, 9.17) is 0 Å². The Kier molecular flexibility index (Phi) is 4.92. The summed E-state index contributed by atoms with van der Waals surface area (Å²) < 4.78 is 2.19. The molecule has 1 amide bonds. The molecule has 1 aliphatic rings. The van der Waals surface area contributed by atoms with Gasteiger partial charge in [-0.15, -0.1) is 0 Å². The SMILES string of the molecule is CCc1nc2ccccc2n1CCC(=O)N1CCC(c2n[nH]c(C)n2)CC1. The van der Waals surface area contributed by atoms with Gasteiger partial charge in [0.1, 0.15) is 11.6 Å². The van der Waals surface area contributed by atoms with Crippen LogP contribution < -0.4 is 0 Å². The van der Waals surface area contributed by atoms with Gasteiger partial charge in [0.05, 0.1) is 11.0 Å². The van der Waals surface area contributed by atoms with Crippen molar-refractivity contribution in [3.63, 3.8) is 0 Å². The molecule has 3 heterocycles. The number of aromatic amines is 1. The lowest BCUT2D eigenvalue weighted by molar-refractivity contribution is -0.132. The van der Waals surface area contributed by atoms with Gasteiger partial charge in [0.25, 0.3) is 0 Å². The number of piperidine rings is 1. The van der Waals surface area contributed by atoms with Crippen LogP contribution in [0.25, 0.3) is 11.0 Å². The van der Waals surface area contributed by atoms with Gasteiger partial charge < -0.3 is 9.47 Å². The van der Waals surface area contributed by atoms with Gasteiger partial charge in [-0.3, -0.25) is 9.89 Å². The Hall–Kier alpha value is -2.70. The summed E-state index contributed by atoms with van der Waals surface area (Å²) in [5, 5.41) is 7.19. The summed E-state index contributed by atoms with van der Waals surface area (Å²) in [6.45, 7) is 6.27. The Morgan fingerprint density at radius 1 is 1.22 bits per heavy atom. The summed E-state index contributed by atoms with van der Waals surface area (Å²) in [6.07, 6.45) is 3.23. The van der Waals surface area contributed by atoms with E-state index in [1.165, 1.54) is 0 Å². The van der Waals surface area contributed by atoms with E-state index in [-0.39, 0.29) is 5.91 Å². The molecule has 4 rings (SSSR count). The van der Waals surface area contributed by atoms with Gasteiger partial charge in [-0.1, -0.05) is 19.1 Å². The molecule has 0 aliphatic carbocycles. The van der Waals surface area contributed by atoms with E-state index in [1.807, 2.05) is 30.0 Å². The van der Waals surface area contributed by atoms with Gasteiger partial charge in [-0.2, -0.15) is 5.10 Å². The van der Waals surface area contributed by atoms with Crippen molar-refractivity contribution in [3.8, 4) is 0 Å². The highest BCUT2D eigenvalue weighted by atomic mass is 16.2. The molecule has 142 valence electrons. The summed E-state index contributed by atoms with van der Waals surface area (Å²) >= 11 is 0. The van der Waals surface area contributed by atoms with E-state index >= 15 is 0 Å². The Labute approximate surface area is 158 Å². The molecule has 0 bridgehead atoms. The molecule has 0 unspecified atom stereocenters. The smallest absolute Gasteiger partial charge is 0.224 e. The molecule has 7 heteroatoms.